The number of benzene rings is 1. The Kier molecular flexibility index (Phi) is 3.96. The lowest BCUT2D eigenvalue weighted by molar-refractivity contribution is 0.269. The second kappa shape index (κ2) is 5.01. The molecule has 1 atom stereocenters. The van der Waals surface area contributed by atoms with E-state index in [0.717, 1.165) is 24.3 Å². The zero-order chi connectivity index (χ0) is 10.6. The highest BCUT2D eigenvalue weighted by molar-refractivity contribution is 5.40. The molecule has 1 heterocycles. The van der Waals surface area contributed by atoms with Crippen LogP contribution in [-0.4, -0.2) is 6.61 Å². The molecule has 0 fully saturated rings. The van der Waals surface area contributed by atoms with Crippen LogP contribution in [-0.2, 0) is 0 Å². The van der Waals surface area contributed by atoms with Crippen molar-refractivity contribution < 1.29 is 4.74 Å². The van der Waals surface area contributed by atoms with Crippen molar-refractivity contribution in [1.82, 2.24) is 0 Å². The molecule has 2 N–H and O–H groups in total. The highest BCUT2D eigenvalue weighted by atomic mass is 16.5. The van der Waals surface area contributed by atoms with Gasteiger partial charge in [0.25, 0.3) is 0 Å². The summed E-state index contributed by atoms with van der Waals surface area (Å²) < 4.78 is 5.47. The van der Waals surface area contributed by atoms with E-state index in [-0.39, 0.29) is 6.04 Å². The lowest BCUT2D eigenvalue weighted by atomic mass is 10.00. The summed E-state index contributed by atoms with van der Waals surface area (Å²) >= 11 is 0. The summed E-state index contributed by atoms with van der Waals surface area (Å²) in [5.41, 5.74) is 8.33. The smallest absolute Gasteiger partial charge is 0.124 e. The fraction of sp³-hybridized carbons (Fsp3) is 0.500. The van der Waals surface area contributed by atoms with Crippen molar-refractivity contribution in [2.75, 3.05) is 6.61 Å². The summed E-state index contributed by atoms with van der Waals surface area (Å²) in [5.74, 6) is 0.958. The maximum absolute atomic E-state index is 5.94. The minimum atomic E-state index is 0.161. The van der Waals surface area contributed by atoms with Gasteiger partial charge in [-0.2, -0.15) is 0 Å². The Labute approximate surface area is 86.1 Å². The molecule has 0 saturated carbocycles. The van der Waals surface area contributed by atoms with Gasteiger partial charge in [0, 0.05) is 18.0 Å². The summed E-state index contributed by atoms with van der Waals surface area (Å²) in [6.45, 7) is 6.82. The standard InChI is InChI=1S/C10H13NO.C2H6/c1-7-2-3-10-8(6-7)9(11)4-5-12-10;1-2/h2-3,6,9H,4-5,11H2,1H3;1-2H3. The molecule has 0 saturated heterocycles. The lowest BCUT2D eigenvalue weighted by Crippen LogP contribution is -2.20. The number of rotatable bonds is 0. The predicted octanol–water partition coefficient (Wildman–Crippen LogP) is 2.80. The Morgan fingerprint density at radius 2 is 2.07 bits per heavy atom. The molecular weight excluding hydrogens is 174 g/mol. The zero-order valence-corrected chi connectivity index (χ0v) is 9.21. The number of fused-ring (bicyclic) bond motifs is 1. The third-order valence-electron chi connectivity index (χ3n) is 2.25. The van der Waals surface area contributed by atoms with Crippen LogP contribution < -0.4 is 10.5 Å². The van der Waals surface area contributed by atoms with Crippen LogP contribution in [0.5, 0.6) is 5.75 Å². The molecule has 78 valence electrons. The molecule has 2 nitrogen and oxygen atoms in total. The Hall–Kier alpha value is -1.02. The third kappa shape index (κ3) is 2.26. The van der Waals surface area contributed by atoms with Gasteiger partial charge in [-0.15, -0.1) is 0 Å². The van der Waals surface area contributed by atoms with E-state index in [2.05, 4.69) is 19.1 Å². The first-order valence-corrected chi connectivity index (χ1v) is 5.26. The van der Waals surface area contributed by atoms with Crippen molar-refractivity contribution in [3.05, 3.63) is 29.3 Å². The van der Waals surface area contributed by atoms with Gasteiger partial charge in [-0.05, 0) is 13.0 Å². The number of aryl methyl sites for hydroxylation is 1. The Bertz CT molecular complexity index is 296. The van der Waals surface area contributed by atoms with Crippen LogP contribution in [0.3, 0.4) is 0 Å². The molecule has 1 aliphatic rings. The molecule has 1 aliphatic heterocycles. The monoisotopic (exact) mass is 193 g/mol. The second-order valence-electron chi connectivity index (χ2n) is 3.28. The maximum atomic E-state index is 5.94. The summed E-state index contributed by atoms with van der Waals surface area (Å²) in [5, 5.41) is 0. The van der Waals surface area contributed by atoms with Crippen LogP contribution in [0.1, 0.15) is 37.4 Å². The first-order valence-electron chi connectivity index (χ1n) is 5.26. The van der Waals surface area contributed by atoms with Crippen LogP contribution in [0.4, 0.5) is 0 Å². The van der Waals surface area contributed by atoms with Crippen molar-refractivity contribution in [2.45, 2.75) is 33.2 Å². The highest BCUT2D eigenvalue weighted by Gasteiger charge is 2.17. The fourth-order valence-electron chi connectivity index (χ4n) is 1.54. The van der Waals surface area contributed by atoms with Crippen molar-refractivity contribution in [3.8, 4) is 5.75 Å². The molecular formula is C12H19NO. The van der Waals surface area contributed by atoms with Crippen molar-refractivity contribution in [1.29, 1.82) is 0 Å². The average Bonchev–Trinajstić information content (AvgIpc) is 2.22. The Balaban J connectivity index is 0.000000461. The van der Waals surface area contributed by atoms with Gasteiger partial charge in [0.15, 0.2) is 0 Å². The summed E-state index contributed by atoms with van der Waals surface area (Å²) in [7, 11) is 0. The van der Waals surface area contributed by atoms with Crippen molar-refractivity contribution in [2.24, 2.45) is 5.73 Å². The third-order valence-corrected chi connectivity index (χ3v) is 2.25. The van der Waals surface area contributed by atoms with Crippen molar-refractivity contribution >= 4 is 0 Å². The lowest BCUT2D eigenvalue weighted by Gasteiger charge is -2.22. The van der Waals surface area contributed by atoms with E-state index in [0.29, 0.717) is 0 Å². The van der Waals surface area contributed by atoms with E-state index in [1.54, 1.807) is 0 Å². The second-order valence-corrected chi connectivity index (χ2v) is 3.28. The van der Waals surface area contributed by atoms with Crippen LogP contribution in [0.25, 0.3) is 0 Å². The molecule has 0 spiro atoms. The van der Waals surface area contributed by atoms with Crippen LogP contribution in [0.2, 0.25) is 0 Å². The van der Waals surface area contributed by atoms with E-state index in [1.165, 1.54) is 5.56 Å². The molecule has 2 heteroatoms. The van der Waals surface area contributed by atoms with E-state index < -0.39 is 0 Å². The largest absolute Gasteiger partial charge is 0.493 e. The summed E-state index contributed by atoms with van der Waals surface area (Å²) in [6, 6.07) is 6.33. The molecule has 1 aromatic rings. The number of hydrogen-bond donors (Lipinski definition) is 1. The molecule has 1 aromatic carbocycles. The van der Waals surface area contributed by atoms with Gasteiger partial charge in [0.2, 0.25) is 0 Å². The quantitative estimate of drug-likeness (QED) is 0.687. The molecule has 0 radical (unpaired) electrons. The van der Waals surface area contributed by atoms with Crippen LogP contribution in [0, 0.1) is 6.92 Å². The summed E-state index contributed by atoms with van der Waals surface area (Å²) in [6.07, 6.45) is 0.927. The minimum absolute atomic E-state index is 0.161. The number of nitrogens with two attached hydrogens (primary N) is 1. The summed E-state index contributed by atoms with van der Waals surface area (Å²) in [4.78, 5) is 0. The van der Waals surface area contributed by atoms with Crippen LogP contribution >= 0.6 is 0 Å². The van der Waals surface area contributed by atoms with E-state index in [4.69, 9.17) is 10.5 Å². The number of hydrogen-bond acceptors (Lipinski definition) is 2. The zero-order valence-electron chi connectivity index (χ0n) is 9.21. The molecule has 1 unspecified atom stereocenters. The SMILES string of the molecule is CC.Cc1ccc2c(c1)C(N)CCO2. The van der Waals surface area contributed by atoms with Gasteiger partial charge in [-0.3, -0.25) is 0 Å². The van der Waals surface area contributed by atoms with Gasteiger partial charge in [-0.25, -0.2) is 0 Å². The number of ether oxygens (including phenoxy) is 1. The topological polar surface area (TPSA) is 35.2 Å². The normalized spacial score (nSPS) is 18.7. The molecule has 0 aromatic heterocycles. The van der Waals surface area contributed by atoms with Crippen LogP contribution in [0.15, 0.2) is 18.2 Å². The van der Waals surface area contributed by atoms with Gasteiger partial charge in [0.1, 0.15) is 5.75 Å². The first-order chi connectivity index (χ1) is 6.77. The van der Waals surface area contributed by atoms with E-state index in [9.17, 15) is 0 Å². The van der Waals surface area contributed by atoms with Gasteiger partial charge < -0.3 is 10.5 Å². The fourth-order valence-corrected chi connectivity index (χ4v) is 1.54. The predicted molar refractivity (Wildman–Crippen MR) is 59.6 cm³/mol. The highest BCUT2D eigenvalue weighted by Crippen LogP contribution is 2.30. The molecule has 2 rings (SSSR count). The molecule has 0 bridgehead atoms. The van der Waals surface area contributed by atoms with Gasteiger partial charge in [0.05, 0.1) is 6.61 Å². The first kappa shape index (κ1) is 11.1. The van der Waals surface area contributed by atoms with E-state index >= 15 is 0 Å². The minimum Gasteiger partial charge on any atom is -0.493 e. The molecule has 14 heavy (non-hydrogen) atoms. The Morgan fingerprint density at radius 3 is 2.79 bits per heavy atom. The van der Waals surface area contributed by atoms with E-state index in [1.807, 2.05) is 19.9 Å². The van der Waals surface area contributed by atoms with Gasteiger partial charge in [-0.1, -0.05) is 31.5 Å². The average molecular weight is 193 g/mol. The molecule has 0 aliphatic carbocycles. The van der Waals surface area contributed by atoms with Crippen molar-refractivity contribution in [3.63, 3.8) is 0 Å². The molecule has 0 amide bonds. The maximum Gasteiger partial charge on any atom is 0.124 e. The van der Waals surface area contributed by atoms with Gasteiger partial charge >= 0.3 is 0 Å². The Morgan fingerprint density at radius 1 is 1.36 bits per heavy atom.